The first-order valence-electron chi connectivity index (χ1n) is 4.60. The van der Waals surface area contributed by atoms with Crippen LogP contribution in [0.2, 0.25) is 0 Å². The van der Waals surface area contributed by atoms with Crippen molar-refractivity contribution in [3.05, 3.63) is 12.2 Å². The smallest absolute Gasteiger partial charge is 0.330 e. The van der Waals surface area contributed by atoms with Gasteiger partial charge >= 0.3 is 5.97 Å². The fourth-order valence-corrected chi connectivity index (χ4v) is 0.407. The Bertz CT molecular complexity index is 136. The molecule has 0 amide bonds. The zero-order chi connectivity index (χ0) is 11.4. The first kappa shape index (κ1) is 15.6. The Balaban J connectivity index is 0. The molecule has 0 radical (unpaired) electrons. The van der Waals surface area contributed by atoms with Crippen LogP contribution in [0.15, 0.2) is 12.2 Å². The number of ether oxygens (including phenoxy) is 2. The minimum Gasteiger partial charge on any atom is -0.478 e. The van der Waals surface area contributed by atoms with Gasteiger partial charge in [-0.05, 0) is 20.8 Å². The Morgan fingerprint density at radius 3 is 1.64 bits per heavy atom. The van der Waals surface area contributed by atoms with Crippen molar-refractivity contribution in [2.45, 2.75) is 20.8 Å². The van der Waals surface area contributed by atoms with Gasteiger partial charge in [-0.3, -0.25) is 0 Å². The Morgan fingerprint density at radius 1 is 1.21 bits per heavy atom. The topological polar surface area (TPSA) is 55.8 Å². The summed E-state index contributed by atoms with van der Waals surface area (Å²) in [7, 11) is 0. The third-order valence-corrected chi connectivity index (χ3v) is 1.15. The van der Waals surface area contributed by atoms with E-state index in [1.165, 1.54) is 6.92 Å². The average molecular weight is 204 g/mol. The number of carbonyl (C=O) groups is 1. The van der Waals surface area contributed by atoms with Crippen LogP contribution in [0.1, 0.15) is 20.8 Å². The lowest BCUT2D eigenvalue weighted by atomic mass is 10.4. The molecule has 0 heterocycles. The first-order chi connectivity index (χ1) is 6.56. The summed E-state index contributed by atoms with van der Waals surface area (Å²) in [5, 5.41) is 7.89. The van der Waals surface area contributed by atoms with E-state index in [1.54, 1.807) is 0 Å². The molecule has 0 aliphatic rings. The maximum Gasteiger partial charge on any atom is 0.330 e. The molecule has 0 rings (SSSR count). The SMILES string of the molecule is C=C(C)C(=O)O.CCOCCOCC. The summed E-state index contributed by atoms with van der Waals surface area (Å²) in [6.45, 7) is 11.6. The number of aliphatic carboxylic acids is 1. The summed E-state index contributed by atoms with van der Waals surface area (Å²) in [6, 6.07) is 0. The number of carboxylic acids is 1. The largest absolute Gasteiger partial charge is 0.478 e. The van der Waals surface area contributed by atoms with Crippen LogP contribution in [0.4, 0.5) is 0 Å². The molecule has 0 saturated heterocycles. The monoisotopic (exact) mass is 204 g/mol. The van der Waals surface area contributed by atoms with Crippen LogP contribution >= 0.6 is 0 Å². The Hall–Kier alpha value is -0.870. The second-order valence-electron chi connectivity index (χ2n) is 2.48. The number of hydrogen-bond acceptors (Lipinski definition) is 3. The number of rotatable bonds is 6. The quantitative estimate of drug-likeness (QED) is 0.528. The lowest BCUT2D eigenvalue weighted by Crippen LogP contribution is -2.02. The minimum atomic E-state index is -0.935. The normalized spacial score (nSPS) is 8.79. The number of carboxylic acid groups (broad SMARTS) is 1. The molecular weight excluding hydrogens is 184 g/mol. The molecule has 0 aromatic rings. The van der Waals surface area contributed by atoms with Crippen LogP contribution in [-0.4, -0.2) is 37.5 Å². The summed E-state index contributed by atoms with van der Waals surface area (Å²) < 4.78 is 10.0. The third-order valence-electron chi connectivity index (χ3n) is 1.15. The highest BCUT2D eigenvalue weighted by molar-refractivity contribution is 5.84. The molecule has 0 atom stereocenters. The molecule has 0 aliphatic heterocycles. The van der Waals surface area contributed by atoms with Crippen LogP contribution in [-0.2, 0) is 14.3 Å². The van der Waals surface area contributed by atoms with Crippen molar-refractivity contribution < 1.29 is 19.4 Å². The van der Waals surface area contributed by atoms with Crippen molar-refractivity contribution in [1.82, 2.24) is 0 Å². The van der Waals surface area contributed by atoms with Gasteiger partial charge in [-0.1, -0.05) is 6.58 Å². The number of hydrogen-bond donors (Lipinski definition) is 1. The van der Waals surface area contributed by atoms with Gasteiger partial charge in [0.05, 0.1) is 13.2 Å². The highest BCUT2D eigenvalue weighted by atomic mass is 16.5. The van der Waals surface area contributed by atoms with Gasteiger partial charge in [0.2, 0.25) is 0 Å². The van der Waals surface area contributed by atoms with Crippen molar-refractivity contribution in [1.29, 1.82) is 0 Å². The second-order valence-corrected chi connectivity index (χ2v) is 2.48. The molecule has 4 heteroatoms. The van der Waals surface area contributed by atoms with Crippen molar-refractivity contribution in [2.75, 3.05) is 26.4 Å². The fraction of sp³-hybridized carbons (Fsp3) is 0.700. The maximum absolute atomic E-state index is 9.60. The van der Waals surface area contributed by atoms with Crippen LogP contribution in [0.5, 0.6) is 0 Å². The zero-order valence-electron chi connectivity index (χ0n) is 9.21. The standard InChI is InChI=1S/C6H14O2.C4H6O2/c1-3-7-5-6-8-4-2;1-3(2)4(5)6/h3-6H2,1-2H3;1H2,2H3,(H,5,6). The summed E-state index contributed by atoms with van der Waals surface area (Å²) in [5.41, 5.74) is 0.176. The summed E-state index contributed by atoms with van der Waals surface area (Å²) >= 11 is 0. The van der Waals surface area contributed by atoms with E-state index in [0.717, 1.165) is 26.4 Å². The highest BCUT2D eigenvalue weighted by Crippen LogP contribution is 1.81. The molecule has 0 bridgehead atoms. The molecular formula is C10H20O4. The van der Waals surface area contributed by atoms with E-state index in [4.69, 9.17) is 14.6 Å². The molecule has 84 valence electrons. The van der Waals surface area contributed by atoms with Gasteiger partial charge < -0.3 is 14.6 Å². The predicted octanol–water partition coefficient (Wildman–Crippen LogP) is 1.71. The van der Waals surface area contributed by atoms with Gasteiger partial charge in [0.15, 0.2) is 0 Å². The molecule has 4 nitrogen and oxygen atoms in total. The van der Waals surface area contributed by atoms with E-state index in [0.29, 0.717) is 0 Å². The molecule has 0 aromatic carbocycles. The maximum atomic E-state index is 9.60. The van der Waals surface area contributed by atoms with E-state index in [1.807, 2.05) is 13.8 Å². The summed E-state index contributed by atoms with van der Waals surface area (Å²) in [4.78, 5) is 9.60. The molecule has 1 N–H and O–H groups in total. The van der Waals surface area contributed by atoms with Crippen molar-refractivity contribution in [2.24, 2.45) is 0 Å². The van der Waals surface area contributed by atoms with Gasteiger partial charge in [-0.15, -0.1) is 0 Å². The van der Waals surface area contributed by atoms with E-state index >= 15 is 0 Å². The van der Waals surface area contributed by atoms with E-state index in [-0.39, 0.29) is 5.57 Å². The fourth-order valence-electron chi connectivity index (χ4n) is 0.407. The Morgan fingerprint density at radius 2 is 1.50 bits per heavy atom. The van der Waals surface area contributed by atoms with Crippen LogP contribution in [0, 0.1) is 0 Å². The molecule has 14 heavy (non-hydrogen) atoms. The highest BCUT2D eigenvalue weighted by Gasteiger charge is 1.90. The summed E-state index contributed by atoms with van der Waals surface area (Å²) in [6.07, 6.45) is 0. The van der Waals surface area contributed by atoms with Crippen molar-refractivity contribution >= 4 is 5.97 Å². The second kappa shape index (κ2) is 12.1. The van der Waals surface area contributed by atoms with E-state index in [9.17, 15) is 4.79 Å². The Kier molecular flexibility index (Phi) is 13.5. The van der Waals surface area contributed by atoms with Crippen LogP contribution in [0.25, 0.3) is 0 Å². The summed E-state index contributed by atoms with van der Waals surface area (Å²) in [5.74, 6) is -0.935. The lowest BCUT2D eigenvalue weighted by Gasteiger charge is -1.99. The molecule has 0 spiro atoms. The minimum absolute atomic E-state index is 0.176. The van der Waals surface area contributed by atoms with E-state index < -0.39 is 5.97 Å². The molecule has 0 aromatic heterocycles. The van der Waals surface area contributed by atoms with Gasteiger partial charge in [0.1, 0.15) is 0 Å². The molecule has 0 fully saturated rings. The predicted molar refractivity (Wildman–Crippen MR) is 55.4 cm³/mol. The van der Waals surface area contributed by atoms with Crippen LogP contribution in [0.3, 0.4) is 0 Å². The lowest BCUT2D eigenvalue weighted by molar-refractivity contribution is -0.132. The molecule has 0 unspecified atom stereocenters. The van der Waals surface area contributed by atoms with Gasteiger partial charge in [0.25, 0.3) is 0 Å². The molecule has 0 aliphatic carbocycles. The van der Waals surface area contributed by atoms with Gasteiger partial charge in [-0.25, -0.2) is 4.79 Å². The van der Waals surface area contributed by atoms with E-state index in [2.05, 4.69) is 6.58 Å². The van der Waals surface area contributed by atoms with Crippen molar-refractivity contribution in [3.63, 3.8) is 0 Å². The first-order valence-corrected chi connectivity index (χ1v) is 4.60. The zero-order valence-corrected chi connectivity index (χ0v) is 9.21. The third kappa shape index (κ3) is 17.3. The van der Waals surface area contributed by atoms with Gasteiger partial charge in [0, 0.05) is 18.8 Å². The van der Waals surface area contributed by atoms with Gasteiger partial charge in [-0.2, -0.15) is 0 Å². The molecule has 0 saturated carbocycles. The van der Waals surface area contributed by atoms with Crippen molar-refractivity contribution in [3.8, 4) is 0 Å². The Labute approximate surface area is 85.5 Å². The van der Waals surface area contributed by atoms with Crippen LogP contribution < -0.4 is 0 Å². The average Bonchev–Trinajstić information content (AvgIpc) is 2.13.